The van der Waals surface area contributed by atoms with E-state index in [4.69, 9.17) is 0 Å². The van der Waals surface area contributed by atoms with E-state index in [1.807, 2.05) is 48.9 Å². The molecule has 2 heterocycles. The van der Waals surface area contributed by atoms with E-state index in [0.29, 0.717) is 12.6 Å². The number of nitrogens with one attached hydrogen (secondary N) is 1. The SMILES string of the molecule is Cc1nn(-c2ccccc2)c(C)c1CC(=O)N1CCCC1C(=O)NC1CC1. The summed E-state index contributed by atoms with van der Waals surface area (Å²) in [7, 11) is 0. The molecule has 1 saturated carbocycles. The summed E-state index contributed by atoms with van der Waals surface area (Å²) in [5.41, 5.74) is 3.78. The van der Waals surface area contributed by atoms with Crippen molar-refractivity contribution < 1.29 is 9.59 Å². The zero-order chi connectivity index (χ0) is 19.0. The lowest BCUT2D eigenvalue weighted by atomic mass is 10.1. The third-order valence-electron chi connectivity index (χ3n) is 5.57. The third-order valence-corrected chi connectivity index (χ3v) is 5.57. The van der Waals surface area contributed by atoms with Crippen LogP contribution in [-0.2, 0) is 16.0 Å². The minimum Gasteiger partial charge on any atom is -0.352 e. The fraction of sp³-hybridized carbons (Fsp3) is 0.476. The van der Waals surface area contributed by atoms with Crippen LogP contribution < -0.4 is 5.32 Å². The van der Waals surface area contributed by atoms with Crippen LogP contribution in [0.25, 0.3) is 5.69 Å². The Morgan fingerprint density at radius 3 is 2.59 bits per heavy atom. The predicted octanol–water partition coefficient (Wildman–Crippen LogP) is 2.30. The van der Waals surface area contributed by atoms with Gasteiger partial charge in [0.05, 0.1) is 17.8 Å². The Hall–Kier alpha value is -2.63. The maximum Gasteiger partial charge on any atom is 0.243 e. The first kappa shape index (κ1) is 17.8. The first-order valence-corrected chi connectivity index (χ1v) is 9.75. The second kappa shape index (κ2) is 7.18. The van der Waals surface area contributed by atoms with Gasteiger partial charge in [0, 0.05) is 23.8 Å². The van der Waals surface area contributed by atoms with Crippen molar-refractivity contribution in [2.75, 3.05) is 6.54 Å². The van der Waals surface area contributed by atoms with Crippen LogP contribution in [0.5, 0.6) is 0 Å². The van der Waals surface area contributed by atoms with Gasteiger partial charge >= 0.3 is 0 Å². The van der Waals surface area contributed by atoms with Crippen LogP contribution in [0.1, 0.15) is 42.6 Å². The first-order valence-electron chi connectivity index (χ1n) is 9.75. The van der Waals surface area contributed by atoms with E-state index in [-0.39, 0.29) is 24.3 Å². The van der Waals surface area contributed by atoms with Gasteiger partial charge in [-0.05, 0) is 51.7 Å². The van der Waals surface area contributed by atoms with Crippen LogP contribution in [0.4, 0.5) is 0 Å². The van der Waals surface area contributed by atoms with Crippen LogP contribution >= 0.6 is 0 Å². The highest BCUT2D eigenvalue weighted by atomic mass is 16.2. The fourth-order valence-electron chi connectivity index (χ4n) is 3.87. The van der Waals surface area contributed by atoms with Crippen molar-refractivity contribution in [3.05, 3.63) is 47.3 Å². The van der Waals surface area contributed by atoms with E-state index in [0.717, 1.165) is 48.3 Å². The number of nitrogens with zero attached hydrogens (tertiary/aromatic N) is 3. The number of aromatic nitrogens is 2. The van der Waals surface area contributed by atoms with Crippen molar-refractivity contribution in [2.45, 2.75) is 58.0 Å². The molecule has 2 amide bonds. The molecule has 2 aliphatic rings. The Labute approximate surface area is 159 Å². The number of para-hydroxylation sites is 1. The molecule has 6 heteroatoms. The number of carbonyl (C=O) groups excluding carboxylic acids is 2. The number of amides is 2. The summed E-state index contributed by atoms with van der Waals surface area (Å²) in [6.45, 7) is 4.60. The van der Waals surface area contributed by atoms with Crippen molar-refractivity contribution in [1.82, 2.24) is 20.0 Å². The average Bonchev–Trinajstić information content (AvgIpc) is 3.26. The van der Waals surface area contributed by atoms with Crippen molar-refractivity contribution >= 4 is 11.8 Å². The van der Waals surface area contributed by atoms with Gasteiger partial charge in [0.15, 0.2) is 0 Å². The summed E-state index contributed by atoms with van der Waals surface area (Å²) in [6, 6.07) is 9.94. The minimum absolute atomic E-state index is 0.0109. The predicted molar refractivity (Wildman–Crippen MR) is 103 cm³/mol. The highest BCUT2D eigenvalue weighted by molar-refractivity contribution is 5.89. The zero-order valence-electron chi connectivity index (χ0n) is 15.9. The van der Waals surface area contributed by atoms with Gasteiger partial charge in [-0.3, -0.25) is 9.59 Å². The number of carbonyl (C=O) groups is 2. The molecule has 2 aromatic rings. The van der Waals surface area contributed by atoms with Gasteiger partial charge in [0.2, 0.25) is 11.8 Å². The van der Waals surface area contributed by atoms with E-state index >= 15 is 0 Å². The standard InChI is InChI=1S/C21H26N4O2/c1-14-18(15(2)25(23-14)17-7-4-3-5-8-17)13-20(26)24-12-6-9-19(24)21(27)22-16-10-11-16/h3-5,7-8,16,19H,6,9-13H2,1-2H3,(H,22,27). The minimum atomic E-state index is -0.317. The molecule has 1 unspecified atom stereocenters. The molecule has 2 fully saturated rings. The maximum atomic E-state index is 13.0. The molecule has 1 saturated heterocycles. The second-order valence-electron chi connectivity index (χ2n) is 7.60. The van der Waals surface area contributed by atoms with Gasteiger partial charge in [-0.1, -0.05) is 18.2 Å². The Kier molecular flexibility index (Phi) is 4.72. The van der Waals surface area contributed by atoms with Crippen molar-refractivity contribution in [1.29, 1.82) is 0 Å². The zero-order valence-corrected chi connectivity index (χ0v) is 15.9. The summed E-state index contributed by atoms with van der Waals surface area (Å²) in [4.78, 5) is 27.2. The van der Waals surface area contributed by atoms with Gasteiger partial charge in [-0.25, -0.2) is 4.68 Å². The van der Waals surface area contributed by atoms with E-state index in [2.05, 4.69) is 10.4 Å². The quantitative estimate of drug-likeness (QED) is 0.883. The number of benzene rings is 1. The van der Waals surface area contributed by atoms with Gasteiger partial charge in [0.25, 0.3) is 0 Å². The van der Waals surface area contributed by atoms with Crippen LogP contribution in [0.3, 0.4) is 0 Å². The van der Waals surface area contributed by atoms with Crippen molar-refractivity contribution in [3.8, 4) is 5.69 Å². The normalized spacial score (nSPS) is 19.3. The largest absolute Gasteiger partial charge is 0.352 e. The van der Waals surface area contributed by atoms with E-state index in [1.165, 1.54) is 0 Å². The second-order valence-corrected chi connectivity index (χ2v) is 7.60. The highest BCUT2D eigenvalue weighted by Gasteiger charge is 2.36. The molecule has 0 radical (unpaired) electrons. The van der Waals surface area contributed by atoms with Gasteiger partial charge in [0.1, 0.15) is 6.04 Å². The number of hydrogen-bond acceptors (Lipinski definition) is 3. The molecule has 1 aliphatic carbocycles. The molecule has 1 aromatic heterocycles. The summed E-state index contributed by atoms with van der Waals surface area (Å²) in [5, 5.41) is 7.67. The molecule has 1 aromatic carbocycles. The topological polar surface area (TPSA) is 67.2 Å². The van der Waals surface area contributed by atoms with E-state index in [1.54, 1.807) is 4.90 Å². The molecule has 4 rings (SSSR count). The molecule has 1 atom stereocenters. The lowest BCUT2D eigenvalue weighted by Crippen LogP contribution is -2.47. The van der Waals surface area contributed by atoms with Crippen LogP contribution in [-0.4, -0.2) is 45.1 Å². The highest BCUT2D eigenvalue weighted by Crippen LogP contribution is 2.24. The van der Waals surface area contributed by atoms with Gasteiger partial charge < -0.3 is 10.2 Å². The van der Waals surface area contributed by atoms with Crippen molar-refractivity contribution in [2.24, 2.45) is 0 Å². The van der Waals surface area contributed by atoms with Gasteiger partial charge in [-0.15, -0.1) is 0 Å². The smallest absolute Gasteiger partial charge is 0.243 e. The number of rotatable bonds is 5. The molecule has 142 valence electrons. The molecule has 1 N–H and O–H groups in total. The third kappa shape index (κ3) is 3.61. The average molecular weight is 366 g/mol. The Morgan fingerprint density at radius 1 is 1.15 bits per heavy atom. The molecule has 0 spiro atoms. The number of aryl methyl sites for hydroxylation is 1. The van der Waals surface area contributed by atoms with E-state index in [9.17, 15) is 9.59 Å². The Bertz CT molecular complexity index is 855. The van der Waals surface area contributed by atoms with Crippen molar-refractivity contribution in [3.63, 3.8) is 0 Å². The lowest BCUT2D eigenvalue weighted by molar-refractivity contribution is -0.138. The Balaban J connectivity index is 1.51. The van der Waals surface area contributed by atoms with Crippen LogP contribution in [0, 0.1) is 13.8 Å². The molecule has 0 bridgehead atoms. The summed E-state index contributed by atoms with van der Waals surface area (Å²) >= 11 is 0. The molecular weight excluding hydrogens is 340 g/mol. The monoisotopic (exact) mass is 366 g/mol. The first-order chi connectivity index (χ1) is 13.0. The summed E-state index contributed by atoms with van der Waals surface area (Å²) < 4.78 is 1.89. The molecule has 6 nitrogen and oxygen atoms in total. The number of likely N-dealkylation sites (tertiary alicyclic amines) is 1. The fourth-order valence-corrected chi connectivity index (χ4v) is 3.87. The maximum absolute atomic E-state index is 13.0. The van der Waals surface area contributed by atoms with E-state index < -0.39 is 0 Å². The van der Waals surface area contributed by atoms with Gasteiger partial charge in [-0.2, -0.15) is 5.10 Å². The summed E-state index contributed by atoms with van der Waals surface area (Å²) in [6.07, 6.45) is 4.05. The molecule has 1 aliphatic heterocycles. The van der Waals surface area contributed by atoms with Crippen LogP contribution in [0.2, 0.25) is 0 Å². The lowest BCUT2D eigenvalue weighted by Gasteiger charge is -2.24. The molecule has 27 heavy (non-hydrogen) atoms. The number of hydrogen-bond donors (Lipinski definition) is 1. The molecular formula is C21H26N4O2. The van der Waals surface area contributed by atoms with Crippen LogP contribution in [0.15, 0.2) is 30.3 Å². The Morgan fingerprint density at radius 2 is 1.89 bits per heavy atom. The summed E-state index contributed by atoms with van der Waals surface area (Å²) in [5.74, 6) is 0.0269.